The maximum atomic E-state index is 10.4. The van der Waals surface area contributed by atoms with Crippen LogP contribution in [0.15, 0.2) is 22.7 Å². The van der Waals surface area contributed by atoms with E-state index in [1.54, 1.807) is 6.07 Å². The molecule has 0 aliphatic rings. The van der Waals surface area contributed by atoms with Crippen molar-refractivity contribution >= 4 is 44.9 Å². The lowest BCUT2D eigenvalue weighted by molar-refractivity contribution is 0.112. The molecule has 0 unspecified atom stereocenters. The Morgan fingerprint density at radius 1 is 1.46 bits per heavy atom. The number of hydrogen-bond acceptors (Lipinski definition) is 2. The maximum Gasteiger partial charge on any atom is 0.150 e. The first-order chi connectivity index (χ1) is 5.65. The molecule has 0 fully saturated rings. The van der Waals surface area contributed by atoms with Gasteiger partial charge in [-0.05, 0) is 34.1 Å². The molecule has 1 aromatic carbocycles. The lowest BCUT2D eigenvalue weighted by Gasteiger charge is -2.14. The molecule has 0 radical (unpaired) electrons. The Morgan fingerprint density at radius 2 is 2.08 bits per heavy atom. The van der Waals surface area contributed by atoms with Crippen LogP contribution in [0.1, 0.15) is 11.8 Å². The van der Waals surface area contributed by atoms with E-state index in [-0.39, 0.29) is 18.4 Å². The highest BCUT2D eigenvalue weighted by Crippen LogP contribution is 2.24. The van der Waals surface area contributed by atoms with Gasteiger partial charge in [-0.2, -0.15) is 0 Å². The predicted octanol–water partition coefficient (Wildman–Crippen LogP) is 3.15. The van der Waals surface area contributed by atoms with Crippen LogP contribution >= 0.6 is 32.9 Å². The van der Waals surface area contributed by atoms with E-state index in [2.05, 4.69) is 15.9 Å². The van der Waals surface area contributed by atoms with Gasteiger partial charge < -0.3 is 4.90 Å². The zero-order valence-corrected chi connectivity index (χ0v) is 10.8. The molecule has 0 bridgehead atoms. The van der Waals surface area contributed by atoms with Crippen LogP contribution in [0, 0.1) is 0 Å². The van der Waals surface area contributed by atoms with Gasteiger partial charge >= 0.3 is 0 Å². The summed E-state index contributed by atoms with van der Waals surface area (Å²) in [6.07, 6.45) is 0.837. The van der Waals surface area contributed by atoms with Gasteiger partial charge in [0, 0.05) is 25.6 Å². The summed E-state index contributed by atoms with van der Waals surface area (Å²) in [5.74, 6) is 0. The van der Waals surface area contributed by atoms with Gasteiger partial charge in [-0.1, -0.05) is 0 Å². The number of nitrogens with zero attached hydrogens (tertiary/aromatic N) is 1. The maximum absolute atomic E-state index is 10.4. The van der Waals surface area contributed by atoms with Crippen molar-refractivity contribution in [3.05, 3.63) is 28.2 Å². The first-order valence-electron chi connectivity index (χ1n) is 3.57. The molecule has 0 heterocycles. The molecule has 0 saturated carbocycles. The highest BCUT2D eigenvalue weighted by molar-refractivity contribution is 9.10. The van der Waals surface area contributed by atoms with E-state index in [0.717, 1.165) is 16.4 Å². The summed E-state index contributed by atoms with van der Waals surface area (Å²) >= 11 is 3.39. The van der Waals surface area contributed by atoms with Gasteiger partial charge in [0.05, 0.1) is 5.69 Å². The molecule has 0 aliphatic carbocycles. The van der Waals surface area contributed by atoms with E-state index in [1.807, 2.05) is 31.1 Å². The number of carbonyl (C=O) groups is 1. The van der Waals surface area contributed by atoms with Gasteiger partial charge in [0.2, 0.25) is 0 Å². The van der Waals surface area contributed by atoms with Crippen LogP contribution in [0.25, 0.3) is 0 Å². The summed E-state index contributed by atoms with van der Waals surface area (Å²) in [6.45, 7) is 0. The fourth-order valence-electron chi connectivity index (χ4n) is 0.959. The van der Waals surface area contributed by atoms with Crippen molar-refractivity contribution in [2.45, 2.75) is 0 Å². The first-order valence-corrected chi connectivity index (χ1v) is 4.36. The fourth-order valence-corrected chi connectivity index (χ4v) is 1.71. The van der Waals surface area contributed by atoms with Crippen molar-refractivity contribution in [3.8, 4) is 0 Å². The number of hydrogen-bond donors (Lipinski definition) is 0. The number of carbonyl (C=O) groups excluding carboxylic acids is 1. The van der Waals surface area contributed by atoms with Gasteiger partial charge in [-0.3, -0.25) is 4.79 Å². The molecule has 0 spiro atoms. The molecule has 0 saturated heterocycles. The average Bonchev–Trinajstić information content (AvgIpc) is 2.03. The van der Waals surface area contributed by atoms with Crippen LogP contribution < -0.4 is 4.90 Å². The molecule has 0 aromatic heterocycles. The van der Waals surface area contributed by atoms with Crippen molar-refractivity contribution in [1.82, 2.24) is 0 Å². The zero-order valence-electron chi connectivity index (χ0n) is 7.45. The minimum absolute atomic E-state index is 0. The minimum Gasteiger partial charge on any atom is -0.377 e. The van der Waals surface area contributed by atoms with Crippen LogP contribution in [0.2, 0.25) is 0 Å². The summed E-state index contributed by atoms with van der Waals surface area (Å²) in [4.78, 5) is 12.4. The smallest absolute Gasteiger partial charge is 0.150 e. The third-order valence-electron chi connectivity index (χ3n) is 1.59. The summed E-state index contributed by atoms with van der Waals surface area (Å²) < 4.78 is 0.942. The third kappa shape index (κ3) is 3.12. The lowest BCUT2D eigenvalue weighted by atomic mass is 10.2. The SMILES string of the molecule is Br.CN(C)c1ccc(C=O)cc1Br.[HH]. The van der Waals surface area contributed by atoms with Crippen molar-refractivity contribution in [2.24, 2.45) is 0 Å². The molecule has 2 nitrogen and oxygen atoms in total. The summed E-state index contributed by atoms with van der Waals surface area (Å²) in [5, 5.41) is 0. The first kappa shape index (κ1) is 12.7. The Hall–Kier alpha value is -0.350. The second-order valence-electron chi connectivity index (χ2n) is 2.72. The van der Waals surface area contributed by atoms with Gasteiger partial charge in [-0.25, -0.2) is 0 Å². The third-order valence-corrected chi connectivity index (χ3v) is 2.22. The molecule has 1 rings (SSSR count). The Balaban J connectivity index is 0. The van der Waals surface area contributed by atoms with E-state index >= 15 is 0 Å². The van der Waals surface area contributed by atoms with Crippen molar-refractivity contribution in [3.63, 3.8) is 0 Å². The molecule has 0 N–H and O–H groups in total. The van der Waals surface area contributed by atoms with Crippen LogP contribution in [-0.4, -0.2) is 20.4 Å². The van der Waals surface area contributed by atoms with Crippen LogP contribution in [-0.2, 0) is 0 Å². The Kier molecular flexibility index (Phi) is 5.25. The number of halogens is 2. The molecule has 0 amide bonds. The summed E-state index contributed by atoms with van der Waals surface area (Å²) in [5.41, 5.74) is 1.76. The van der Waals surface area contributed by atoms with Gasteiger partial charge in [0.1, 0.15) is 6.29 Å². The standard InChI is InChI=1S/C9H10BrNO.BrH.H2/c1-11(2)9-4-3-7(6-12)5-8(9)10;;/h3-6H,1-2H3;2*1H. The highest BCUT2D eigenvalue weighted by atomic mass is 79.9. The van der Waals surface area contributed by atoms with Crippen LogP contribution in [0.5, 0.6) is 0 Å². The highest BCUT2D eigenvalue weighted by Gasteiger charge is 2.01. The van der Waals surface area contributed by atoms with E-state index in [4.69, 9.17) is 0 Å². The number of anilines is 1. The van der Waals surface area contributed by atoms with E-state index in [1.165, 1.54) is 0 Å². The van der Waals surface area contributed by atoms with Gasteiger partial charge in [0.25, 0.3) is 0 Å². The lowest BCUT2D eigenvalue weighted by Crippen LogP contribution is -2.09. The number of rotatable bonds is 2. The molecular weight excluding hydrogens is 298 g/mol. The molecule has 74 valence electrons. The molecular formula is C9H13Br2NO. The summed E-state index contributed by atoms with van der Waals surface area (Å²) in [7, 11) is 3.92. The fraction of sp³-hybridized carbons (Fsp3) is 0.222. The number of benzene rings is 1. The van der Waals surface area contributed by atoms with E-state index < -0.39 is 0 Å². The Bertz CT molecular complexity index is 305. The quantitative estimate of drug-likeness (QED) is 0.782. The van der Waals surface area contributed by atoms with E-state index in [0.29, 0.717) is 5.56 Å². The monoisotopic (exact) mass is 309 g/mol. The van der Waals surface area contributed by atoms with Crippen molar-refractivity contribution < 1.29 is 6.22 Å². The normalized spacial score (nSPS) is 8.85. The average molecular weight is 311 g/mol. The van der Waals surface area contributed by atoms with Gasteiger partial charge in [-0.15, -0.1) is 17.0 Å². The van der Waals surface area contributed by atoms with Crippen LogP contribution in [0.3, 0.4) is 0 Å². The topological polar surface area (TPSA) is 20.3 Å². The molecule has 1 aromatic rings. The largest absolute Gasteiger partial charge is 0.377 e. The number of aldehydes is 1. The second kappa shape index (κ2) is 5.40. The summed E-state index contributed by atoms with van der Waals surface area (Å²) in [6, 6.07) is 5.52. The predicted molar refractivity (Wildman–Crippen MR) is 66.3 cm³/mol. The minimum atomic E-state index is 0. The van der Waals surface area contributed by atoms with Gasteiger partial charge in [0.15, 0.2) is 0 Å². The molecule has 13 heavy (non-hydrogen) atoms. The zero-order chi connectivity index (χ0) is 9.14. The van der Waals surface area contributed by atoms with Crippen molar-refractivity contribution in [1.29, 1.82) is 0 Å². The molecule has 0 atom stereocenters. The Labute approximate surface area is 98.3 Å². The second-order valence-corrected chi connectivity index (χ2v) is 3.58. The molecule has 4 heteroatoms. The molecule has 0 aliphatic heterocycles. The van der Waals surface area contributed by atoms with Crippen molar-refractivity contribution in [2.75, 3.05) is 19.0 Å². The van der Waals surface area contributed by atoms with E-state index in [9.17, 15) is 4.79 Å². The Morgan fingerprint density at radius 3 is 2.46 bits per heavy atom. The van der Waals surface area contributed by atoms with Crippen LogP contribution in [0.4, 0.5) is 5.69 Å².